The van der Waals surface area contributed by atoms with E-state index in [1.807, 2.05) is 67.6 Å². The Labute approximate surface area is 218 Å². The molecule has 0 aromatic heterocycles. The smallest absolute Gasteiger partial charge is 0.294 e. The number of hydrogen-bond donors (Lipinski definition) is 1. The summed E-state index contributed by atoms with van der Waals surface area (Å²) >= 11 is 0. The number of para-hydroxylation sites is 2. The normalized spacial score (nSPS) is 18.5. The Hall–Kier alpha value is -3.90. The van der Waals surface area contributed by atoms with E-state index < -0.39 is 0 Å². The number of likely N-dealkylation sites (tertiary alicyclic amines) is 1. The van der Waals surface area contributed by atoms with E-state index in [1.54, 1.807) is 23.1 Å². The Morgan fingerprint density at radius 1 is 1.05 bits per heavy atom. The van der Waals surface area contributed by atoms with E-state index in [1.165, 1.54) is 12.0 Å². The third-order valence-electron chi connectivity index (χ3n) is 7.17. The Kier molecular flexibility index (Phi) is 7.37. The molecule has 190 valence electrons. The van der Waals surface area contributed by atoms with E-state index in [0.717, 1.165) is 36.3 Å². The van der Waals surface area contributed by atoms with Crippen LogP contribution in [0, 0.1) is 6.92 Å². The van der Waals surface area contributed by atoms with Gasteiger partial charge in [0.05, 0.1) is 12.2 Å². The monoisotopic (exact) mass is 495 g/mol. The molecule has 0 spiro atoms. The first-order valence-corrected chi connectivity index (χ1v) is 13.0. The summed E-state index contributed by atoms with van der Waals surface area (Å²) in [4.78, 5) is 30.3. The number of likely N-dealkylation sites (N-methyl/N-ethyl adjacent to an activating group) is 1. The van der Waals surface area contributed by atoms with Crippen LogP contribution in [0.25, 0.3) is 6.08 Å². The molecule has 1 unspecified atom stereocenters. The number of hydrogen-bond acceptors (Lipinski definition) is 4. The molecule has 0 aliphatic carbocycles. The van der Waals surface area contributed by atoms with Gasteiger partial charge in [-0.2, -0.15) is 0 Å². The predicted octanol–water partition coefficient (Wildman–Crippen LogP) is 5.18. The molecule has 3 aromatic rings. The van der Waals surface area contributed by atoms with Crippen molar-refractivity contribution in [2.45, 2.75) is 39.3 Å². The third-order valence-corrected chi connectivity index (χ3v) is 7.17. The maximum absolute atomic E-state index is 13.5. The van der Waals surface area contributed by atoms with Gasteiger partial charge in [0.1, 0.15) is 0 Å². The molecule has 2 aliphatic heterocycles. The summed E-state index contributed by atoms with van der Waals surface area (Å²) in [5.74, 6) is 0.622. The van der Waals surface area contributed by atoms with Crippen LogP contribution in [0.3, 0.4) is 0 Å². The molecule has 1 saturated heterocycles. The van der Waals surface area contributed by atoms with Gasteiger partial charge >= 0.3 is 0 Å². The minimum absolute atomic E-state index is 0.0784. The van der Waals surface area contributed by atoms with Crippen LogP contribution in [0.5, 0.6) is 5.75 Å². The second-order valence-electron chi connectivity index (χ2n) is 9.71. The fraction of sp³-hybridized carbons (Fsp3) is 0.290. The highest BCUT2D eigenvalue weighted by Gasteiger charge is 2.30. The number of amides is 2. The lowest BCUT2D eigenvalue weighted by molar-refractivity contribution is -0.117. The van der Waals surface area contributed by atoms with E-state index >= 15 is 0 Å². The zero-order valence-electron chi connectivity index (χ0n) is 21.4. The number of carbonyl (C=O) groups is 2. The number of rotatable bonds is 7. The molecule has 2 amide bonds. The lowest BCUT2D eigenvalue weighted by atomic mass is 10.1. The Bertz CT molecular complexity index is 1300. The SMILES string of the molecule is CCN1CCCC1CNC(=O)c1ccc(/C=C2/Oc3ccccc3N(Cc3ccc(C)cc3)C2=O)cc1. The average Bonchev–Trinajstić information content (AvgIpc) is 3.39. The number of carbonyl (C=O) groups excluding carboxylic acids is 2. The average molecular weight is 496 g/mol. The minimum Gasteiger partial charge on any atom is -0.449 e. The Balaban J connectivity index is 1.31. The van der Waals surface area contributed by atoms with Crippen molar-refractivity contribution in [3.8, 4) is 5.75 Å². The molecule has 1 N–H and O–H groups in total. The summed E-state index contributed by atoms with van der Waals surface area (Å²) < 4.78 is 6.02. The van der Waals surface area contributed by atoms with Crippen molar-refractivity contribution in [3.05, 3.63) is 101 Å². The molecular formula is C31H33N3O3. The van der Waals surface area contributed by atoms with E-state index in [-0.39, 0.29) is 17.6 Å². The highest BCUT2D eigenvalue weighted by Crippen LogP contribution is 2.36. The summed E-state index contributed by atoms with van der Waals surface area (Å²) in [6, 6.07) is 23.4. The number of anilines is 1. The van der Waals surface area contributed by atoms with Crippen LogP contribution >= 0.6 is 0 Å². The van der Waals surface area contributed by atoms with E-state index in [4.69, 9.17) is 4.74 Å². The largest absolute Gasteiger partial charge is 0.449 e. The molecule has 2 aliphatic rings. The summed E-state index contributed by atoms with van der Waals surface area (Å²) in [6.45, 7) is 7.44. The van der Waals surface area contributed by atoms with E-state index in [9.17, 15) is 9.59 Å². The van der Waals surface area contributed by atoms with Crippen LogP contribution in [-0.2, 0) is 11.3 Å². The van der Waals surface area contributed by atoms with Crippen molar-refractivity contribution in [2.24, 2.45) is 0 Å². The minimum atomic E-state index is -0.196. The van der Waals surface area contributed by atoms with Crippen LogP contribution in [0.15, 0.2) is 78.6 Å². The van der Waals surface area contributed by atoms with Crippen molar-refractivity contribution in [3.63, 3.8) is 0 Å². The van der Waals surface area contributed by atoms with Crippen molar-refractivity contribution in [1.29, 1.82) is 0 Å². The summed E-state index contributed by atoms with van der Waals surface area (Å²) in [5, 5.41) is 3.07. The number of aryl methyl sites for hydroxylation is 1. The quantitative estimate of drug-likeness (QED) is 0.459. The molecule has 0 saturated carbocycles. The molecule has 5 rings (SSSR count). The topological polar surface area (TPSA) is 61.9 Å². The number of fused-ring (bicyclic) bond motifs is 1. The first-order chi connectivity index (χ1) is 18.0. The van der Waals surface area contributed by atoms with Crippen LogP contribution in [0.4, 0.5) is 5.69 Å². The first kappa shape index (κ1) is 24.8. The molecule has 1 fully saturated rings. The first-order valence-electron chi connectivity index (χ1n) is 13.0. The zero-order chi connectivity index (χ0) is 25.8. The standard InChI is InChI=1S/C31H33N3O3/c1-3-33-18-6-7-26(33)20-32-30(35)25-16-14-23(15-17-25)19-29-31(36)34(21-24-12-10-22(2)11-13-24)27-8-4-5-9-28(27)37-29/h4-5,8-17,19,26H,3,6-7,18,20-21H2,1-2H3,(H,32,35)/b29-19+. The van der Waals surface area contributed by atoms with E-state index in [2.05, 4.69) is 17.1 Å². The molecule has 0 radical (unpaired) electrons. The van der Waals surface area contributed by atoms with Gasteiger partial charge in [-0.25, -0.2) is 0 Å². The van der Waals surface area contributed by atoms with Crippen molar-refractivity contribution >= 4 is 23.6 Å². The van der Waals surface area contributed by atoms with Crippen molar-refractivity contribution in [2.75, 3.05) is 24.5 Å². The maximum Gasteiger partial charge on any atom is 0.294 e. The number of nitrogens with zero attached hydrogens (tertiary/aromatic N) is 2. The number of benzene rings is 3. The third kappa shape index (κ3) is 5.59. The molecule has 6 heteroatoms. The van der Waals surface area contributed by atoms with Crippen molar-refractivity contribution < 1.29 is 14.3 Å². The molecule has 2 heterocycles. The zero-order valence-corrected chi connectivity index (χ0v) is 21.4. The molecule has 3 aromatic carbocycles. The van der Waals surface area contributed by atoms with E-state index in [0.29, 0.717) is 30.4 Å². The lowest BCUT2D eigenvalue weighted by Gasteiger charge is -2.30. The summed E-state index contributed by atoms with van der Waals surface area (Å²) in [5.41, 5.74) is 4.37. The van der Waals surface area contributed by atoms with Crippen LogP contribution in [0.2, 0.25) is 0 Å². The molecule has 6 nitrogen and oxygen atoms in total. The van der Waals surface area contributed by atoms with Gasteiger partial charge in [0.2, 0.25) is 0 Å². The second-order valence-corrected chi connectivity index (χ2v) is 9.71. The van der Waals surface area contributed by atoms with Gasteiger partial charge in [-0.05, 0) is 74.3 Å². The van der Waals surface area contributed by atoms with Gasteiger partial charge in [0.15, 0.2) is 11.5 Å². The fourth-order valence-corrected chi connectivity index (χ4v) is 5.03. The van der Waals surface area contributed by atoms with Crippen LogP contribution in [0.1, 0.15) is 46.8 Å². The fourth-order valence-electron chi connectivity index (χ4n) is 5.03. The second kappa shape index (κ2) is 11.0. The van der Waals surface area contributed by atoms with Gasteiger partial charge in [-0.15, -0.1) is 0 Å². The predicted molar refractivity (Wildman–Crippen MR) is 146 cm³/mol. The van der Waals surface area contributed by atoms with Gasteiger partial charge in [0.25, 0.3) is 11.8 Å². The highest BCUT2D eigenvalue weighted by molar-refractivity contribution is 6.09. The summed E-state index contributed by atoms with van der Waals surface area (Å²) in [6.07, 6.45) is 4.05. The molecular weight excluding hydrogens is 462 g/mol. The molecule has 37 heavy (non-hydrogen) atoms. The highest BCUT2D eigenvalue weighted by atomic mass is 16.5. The van der Waals surface area contributed by atoms with Gasteiger partial charge in [-0.3, -0.25) is 19.4 Å². The van der Waals surface area contributed by atoms with Gasteiger partial charge < -0.3 is 10.1 Å². The lowest BCUT2D eigenvalue weighted by Crippen LogP contribution is -2.40. The van der Waals surface area contributed by atoms with Gasteiger partial charge in [-0.1, -0.05) is 61.0 Å². The number of nitrogens with one attached hydrogen (secondary N) is 1. The molecule has 1 atom stereocenters. The maximum atomic E-state index is 13.5. The van der Waals surface area contributed by atoms with Gasteiger partial charge in [0, 0.05) is 18.2 Å². The Morgan fingerprint density at radius 3 is 2.57 bits per heavy atom. The Morgan fingerprint density at radius 2 is 1.81 bits per heavy atom. The van der Waals surface area contributed by atoms with Crippen molar-refractivity contribution in [1.82, 2.24) is 10.2 Å². The number of ether oxygens (including phenoxy) is 1. The van der Waals surface area contributed by atoms with Crippen LogP contribution < -0.4 is 15.0 Å². The molecule has 0 bridgehead atoms. The summed E-state index contributed by atoms with van der Waals surface area (Å²) in [7, 11) is 0. The van der Waals surface area contributed by atoms with Crippen LogP contribution in [-0.4, -0.2) is 42.4 Å².